The van der Waals surface area contributed by atoms with Gasteiger partial charge in [-0.15, -0.1) is 0 Å². The zero-order valence-corrected chi connectivity index (χ0v) is 29.4. The monoisotopic (exact) mass is 710 g/mol. The molecule has 0 aliphatic carbocycles. The van der Waals surface area contributed by atoms with Crippen molar-refractivity contribution in [1.82, 2.24) is 9.55 Å². The van der Waals surface area contributed by atoms with Crippen molar-refractivity contribution in [3.8, 4) is 17.3 Å². The Kier molecular flexibility index (Phi) is 6.27. The summed E-state index contributed by atoms with van der Waals surface area (Å²) in [5.41, 5.74) is 9.54. The summed E-state index contributed by atoms with van der Waals surface area (Å²) in [6.45, 7) is 0.636. The molecule has 0 atom stereocenters. The van der Waals surface area contributed by atoms with Gasteiger partial charge in [0.25, 0.3) is 0 Å². The summed E-state index contributed by atoms with van der Waals surface area (Å²) >= 11 is 0. The molecule has 260 valence electrons. The molecule has 0 saturated carbocycles. The van der Waals surface area contributed by atoms with Crippen LogP contribution in [0.1, 0.15) is 0 Å². The first kappa shape index (κ1) is 30.0. The largest absolute Gasteiger partial charge is 0.456 e. The molecule has 0 amide bonds. The van der Waals surface area contributed by atoms with Crippen molar-refractivity contribution < 1.29 is 13.6 Å². The van der Waals surface area contributed by atoms with Crippen LogP contribution in [0.15, 0.2) is 179 Å². The van der Waals surface area contributed by atoms with Gasteiger partial charge in [0, 0.05) is 68.1 Å². The molecule has 0 bridgehead atoms. The van der Waals surface area contributed by atoms with E-state index in [1.165, 1.54) is 0 Å². The summed E-state index contributed by atoms with van der Waals surface area (Å²) in [5, 5.41) is 6.37. The molecule has 0 saturated heterocycles. The van der Waals surface area contributed by atoms with E-state index in [1.54, 1.807) is 0 Å². The van der Waals surface area contributed by atoms with Crippen LogP contribution in [0.25, 0.3) is 71.5 Å². The normalized spacial score (nSPS) is 12.9. The van der Waals surface area contributed by atoms with Gasteiger partial charge in [0.15, 0.2) is 11.3 Å². The van der Waals surface area contributed by atoms with Crippen LogP contribution >= 0.6 is 0 Å². The number of ether oxygens (including phenoxy) is 1. The number of aromatic nitrogens is 2. The van der Waals surface area contributed by atoms with Gasteiger partial charge in [-0.25, -0.2) is 4.98 Å². The highest BCUT2D eigenvalue weighted by molar-refractivity contribution is 6.16. The summed E-state index contributed by atoms with van der Waals surface area (Å²) in [4.78, 5) is 9.42. The minimum atomic E-state index is 0.626. The molecule has 0 spiro atoms. The van der Waals surface area contributed by atoms with E-state index in [2.05, 4.69) is 130 Å². The average Bonchev–Trinajstić information content (AvgIpc) is 3.99. The molecule has 0 fully saturated rings. The van der Waals surface area contributed by atoms with Gasteiger partial charge < -0.3 is 23.4 Å². The number of hydrogen-bond acceptors (Lipinski definition) is 6. The van der Waals surface area contributed by atoms with Crippen molar-refractivity contribution in [3.63, 3.8) is 0 Å². The fourth-order valence-corrected chi connectivity index (χ4v) is 8.42. The smallest absolute Gasteiger partial charge is 0.178 e. The number of hydrogen-bond donors (Lipinski definition) is 0. The number of anilines is 4. The standard InChI is InChI=1S/C48H30N4O3/c1-2-12-30(13-3-1)50-29-51(41-18-8-7-17-40(41)50)31-24-38-37-27-36-35-15-5-9-19-43(35)54-44(36)28-45(37)55-48(38)46(25-31)53-32-21-22-34-33-14-4-6-16-39(33)52(42(34)26-32)47-20-10-11-23-49-47/h1-28H,29H2. The highest BCUT2D eigenvalue weighted by Gasteiger charge is 2.29. The number of nitrogens with zero attached hydrogens (tertiary/aromatic N) is 4. The van der Waals surface area contributed by atoms with E-state index in [0.717, 1.165) is 88.7 Å². The number of rotatable bonds is 5. The SMILES string of the molecule is c1ccc(N2CN(c3cc(Oc4ccc5c6ccccc6n(-c6ccccn6)c5c4)c4oc5cc6oc7ccccc7c6cc5c4c3)c3ccccc32)cc1. The minimum Gasteiger partial charge on any atom is -0.456 e. The van der Waals surface area contributed by atoms with Crippen molar-refractivity contribution in [2.45, 2.75) is 0 Å². The van der Waals surface area contributed by atoms with Crippen LogP contribution in [-0.2, 0) is 0 Å². The molecule has 4 aromatic heterocycles. The van der Waals surface area contributed by atoms with E-state index in [9.17, 15) is 0 Å². The van der Waals surface area contributed by atoms with E-state index in [0.29, 0.717) is 23.8 Å². The fraction of sp³-hybridized carbons (Fsp3) is 0.0208. The highest BCUT2D eigenvalue weighted by Crippen LogP contribution is 2.48. The van der Waals surface area contributed by atoms with E-state index >= 15 is 0 Å². The summed E-state index contributed by atoms with van der Waals surface area (Å²) in [6, 6.07) is 56.5. The van der Waals surface area contributed by atoms with Crippen LogP contribution in [0, 0.1) is 0 Å². The van der Waals surface area contributed by atoms with Crippen molar-refractivity contribution in [2.24, 2.45) is 0 Å². The third kappa shape index (κ3) is 4.53. The van der Waals surface area contributed by atoms with Crippen LogP contribution in [0.2, 0.25) is 0 Å². The third-order valence-corrected chi connectivity index (χ3v) is 10.9. The van der Waals surface area contributed by atoms with Gasteiger partial charge in [-0.3, -0.25) is 4.57 Å². The van der Waals surface area contributed by atoms with Gasteiger partial charge in [-0.2, -0.15) is 0 Å². The molecule has 0 radical (unpaired) electrons. The van der Waals surface area contributed by atoms with Gasteiger partial charge in [-0.1, -0.05) is 72.8 Å². The van der Waals surface area contributed by atoms with Crippen molar-refractivity contribution in [3.05, 3.63) is 170 Å². The summed E-state index contributed by atoms with van der Waals surface area (Å²) in [5.74, 6) is 2.17. The number of para-hydroxylation sites is 5. The zero-order valence-electron chi connectivity index (χ0n) is 29.4. The first-order valence-corrected chi connectivity index (χ1v) is 18.4. The maximum Gasteiger partial charge on any atom is 0.178 e. The van der Waals surface area contributed by atoms with Crippen LogP contribution in [0.3, 0.4) is 0 Å². The first-order chi connectivity index (χ1) is 27.2. The molecular weight excluding hydrogens is 681 g/mol. The Labute approximate surface area is 314 Å². The molecule has 12 rings (SSSR count). The molecule has 7 nitrogen and oxygen atoms in total. The lowest BCUT2D eigenvalue weighted by Gasteiger charge is -2.22. The average molecular weight is 711 g/mol. The maximum atomic E-state index is 6.97. The number of fused-ring (bicyclic) bond motifs is 10. The van der Waals surface area contributed by atoms with Gasteiger partial charge in [0.1, 0.15) is 35.0 Å². The van der Waals surface area contributed by atoms with Crippen LogP contribution in [-0.4, -0.2) is 16.2 Å². The van der Waals surface area contributed by atoms with Crippen molar-refractivity contribution in [2.75, 3.05) is 16.5 Å². The Morgan fingerprint density at radius 2 is 1.18 bits per heavy atom. The molecule has 1 aliphatic rings. The second-order valence-electron chi connectivity index (χ2n) is 14.0. The molecule has 0 N–H and O–H groups in total. The molecular formula is C48H30N4O3. The Hall–Kier alpha value is -7.51. The Balaban J connectivity index is 1.07. The molecule has 1 aliphatic heterocycles. The molecule has 7 aromatic carbocycles. The minimum absolute atomic E-state index is 0.626. The third-order valence-electron chi connectivity index (χ3n) is 10.9. The zero-order chi connectivity index (χ0) is 36.0. The molecule has 5 heterocycles. The molecule has 11 aromatic rings. The second kappa shape index (κ2) is 11.5. The predicted molar refractivity (Wildman–Crippen MR) is 222 cm³/mol. The quantitative estimate of drug-likeness (QED) is 0.177. The van der Waals surface area contributed by atoms with Gasteiger partial charge >= 0.3 is 0 Å². The predicted octanol–water partition coefficient (Wildman–Crippen LogP) is 13.0. The van der Waals surface area contributed by atoms with Crippen molar-refractivity contribution >= 4 is 88.4 Å². The Morgan fingerprint density at radius 1 is 0.473 bits per heavy atom. The lowest BCUT2D eigenvalue weighted by Crippen LogP contribution is -2.23. The van der Waals surface area contributed by atoms with E-state index in [1.807, 2.05) is 54.7 Å². The lowest BCUT2D eigenvalue weighted by atomic mass is 10.1. The van der Waals surface area contributed by atoms with E-state index < -0.39 is 0 Å². The van der Waals surface area contributed by atoms with E-state index in [-0.39, 0.29) is 0 Å². The topological polar surface area (TPSA) is 59.8 Å². The van der Waals surface area contributed by atoms with Crippen LogP contribution in [0.5, 0.6) is 11.5 Å². The maximum absolute atomic E-state index is 6.97. The number of pyridine rings is 1. The van der Waals surface area contributed by atoms with Gasteiger partial charge in [0.2, 0.25) is 0 Å². The van der Waals surface area contributed by atoms with Crippen LogP contribution in [0.4, 0.5) is 22.7 Å². The second-order valence-corrected chi connectivity index (χ2v) is 14.0. The summed E-state index contributed by atoms with van der Waals surface area (Å²) in [6.07, 6.45) is 1.83. The van der Waals surface area contributed by atoms with E-state index in [4.69, 9.17) is 18.6 Å². The molecule has 0 unspecified atom stereocenters. The first-order valence-electron chi connectivity index (χ1n) is 18.4. The van der Waals surface area contributed by atoms with Crippen molar-refractivity contribution in [1.29, 1.82) is 0 Å². The fourth-order valence-electron chi connectivity index (χ4n) is 8.42. The number of furan rings is 2. The Morgan fingerprint density at radius 3 is 2.04 bits per heavy atom. The lowest BCUT2D eigenvalue weighted by molar-refractivity contribution is 0.477. The summed E-state index contributed by atoms with van der Waals surface area (Å²) in [7, 11) is 0. The highest BCUT2D eigenvalue weighted by atomic mass is 16.5. The van der Waals surface area contributed by atoms with Gasteiger partial charge in [0.05, 0.1) is 22.4 Å². The summed E-state index contributed by atoms with van der Waals surface area (Å²) < 4.78 is 22.2. The van der Waals surface area contributed by atoms with Gasteiger partial charge in [-0.05, 0) is 72.8 Å². The molecule has 55 heavy (non-hydrogen) atoms. The van der Waals surface area contributed by atoms with Crippen LogP contribution < -0.4 is 14.5 Å². The number of benzene rings is 7. The Bertz CT molecular complexity index is 3290. The molecule has 7 heteroatoms.